The van der Waals surface area contributed by atoms with Gasteiger partial charge in [-0.05, 0) is 46.9 Å². The lowest BCUT2D eigenvalue weighted by molar-refractivity contribution is -0.124. The number of benzene rings is 4. The number of amides is 2. The lowest BCUT2D eigenvalue weighted by atomic mass is 10.1. The fourth-order valence-corrected chi connectivity index (χ4v) is 4.35. The van der Waals surface area contributed by atoms with Gasteiger partial charge in [0.1, 0.15) is 19.8 Å². The molecule has 0 N–H and O–H groups in total. The second kappa shape index (κ2) is 12.6. The van der Waals surface area contributed by atoms with E-state index in [1.807, 2.05) is 109 Å². The third-order valence-electron chi connectivity index (χ3n) is 6.37. The van der Waals surface area contributed by atoms with Gasteiger partial charge in [0.2, 0.25) is 0 Å². The Labute approximate surface area is 228 Å². The Morgan fingerprint density at radius 2 is 1.33 bits per heavy atom. The van der Waals surface area contributed by atoms with Crippen LogP contribution in [0.5, 0.6) is 11.5 Å². The van der Waals surface area contributed by atoms with Crippen LogP contribution in [0.1, 0.15) is 22.3 Å². The molecule has 4 aromatic rings. The van der Waals surface area contributed by atoms with Crippen LogP contribution in [-0.4, -0.2) is 29.5 Å². The van der Waals surface area contributed by atoms with Gasteiger partial charge in [-0.3, -0.25) is 4.79 Å². The van der Waals surface area contributed by atoms with Crippen LogP contribution in [0.3, 0.4) is 0 Å². The van der Waals surface area contributed by atoms with E-state index >= 15 is 0 Å². The molecule has 0 radical (unpaired) electrons. The van der Waals surface area contributed by atoms with E-state index in [0.29, 0.717) is 31.1 Å². The number of hydrogen-bond donors (Lipinski definition) is 0. The molecule has 1 aliphatic heterocycles. The number of carbonyl (C=O) groups excluding carboxylic acids is 2. The molecule has 1 fully saturated rings. The molecule has 0 spiro atoms. The van der Waals surface area contributed by atoms with Crippen LogP contribution in [0.4, 0.5) is 4.79 Å². The highest BCUT2D eigenvalue weighted by molar-refractivity contribution is 6.02. The zero-order chi connectivity index (χ0) is 26.9. The van der Waals surface area contributed by atoms with Crippen LogP contribution in [0.25, 0.3) is 6.08 Å². The highest BCUT2D eigenvalue weighted by Crippen LogP contribution is 2.31. The predicted octanol–water partition coefficient (Wildman–Crippen LogP) is 6.45. The molecular weight excluding hydrogens is 490 g/mol. The summed E-state index contributed by atoms with van der Waals surface area (Å²) >= 11 is 0. The molecule has 1 aliphatic rings. The molecule has 196 valence electrons. The Morgan fingerprint density at radius 3 is 1.95 bits per heavy atom. The van der Waals surface area contributed by atoms with Crippen molar-refractivity contribution < 1.29 is 23.8 Å². The summed E-state index contributed by atoms with van der Waals surface area (Å²) in [6.45, 7) is 0.948. The Hall–Kier alpha value is -4.84. The second-order valence-corrected chi connectivity index (χ2v) is 9.22. The summed E-state index contributed by atoms with van der Waals surface area (Å²) < 4.78 is 17.4. The van der Waals surface area contributed by atoms with Crippen LogP contribution in [-0.2, 0) is 29.2 Å². The van der Waals surface area contributed by atoms with Crippen molar-refractivity contribution >= 4 is 18.1 Å². The number of carbonyl (C=O) groups is 2. The van der Waals surface area contributed by atoms with Crippen LogP contribution >= 0.6 is 0 Å². The minimum atomic E-state index is -0.623. The van der Waals surface area contributed by atoms with Crippen molar-refractivity contribution in [1.82, 2.24) is 4.90 Å². The first-order valence-electron chi connectivity index (χ1n) is 12.8. The maximum atomic E-state index is 13.0. The fourth-order valence-electron chi connectivity index (χ4n) is 4.35. The minimum Gasteiger partial charge on any atom is -0.485 e. The summed E-state index contributed by atoms with van der Waals surface area (Å²) in [4.78, 5) is 26.6. The number of rotatable bonds is 10. The zero-order valence-corrected chi connectivity index (χ0v) is 21.4. The summed E-state index contributed by atoms with van der Waals surface area (Å²) in [5, 5.41) is 0. The largest absolute Gasteiger partial charge is 0.485 e. The van der Waals surface area contributed by atoms with Crippen molar-refractivity contribution in [2.45, 2.75) is 25.7 Å². The summed E-state index contributed by atoms with van der Waals surface area (Å²) in [6.07, 6.45) is 2.98. The van der Waals surface area contributed by atoms with E-state index in [0.717, 1.165) is 22.3 Å². The Morgan fingerprint density at radius 1 is 0.769 bits per heavy atom. The third-order valence-corrected chi connectivity index (χ3v) is 6.37. The van der Waals surface area contributed by atoms with Gasteiger partial charge in [0.25, 0.3) is 5.91 Å². The van der Waals surface area contributed by atoms with Crippen LogP contribution < -0.4 is 9.47 Å². The molecule has 6 heteroatoms. The maximum absolute atomic E-state index is 13.0. The average molecular weight is 520 g/mol. The molecule has 1 saturated heterocycles. The molecular formula is C33H29NO5. The molecule has 1 heterocycles. The van der Waals surface area contributed by atoms with Gasteiger partial charge in [-0.15, -0.1) is 0 Å². The van der Waals surface area contributed by atoms with Gasteiger partial charge in [0.05, 0.1) is 6.04 Å². The Bertz CT molecular complexity index is 1420. The summed E-state index contributed by atoms with van der Waals surface area (Å²) in [6, 6.07) is 34.7. The number of cyclic esters (lactones) is 1. The number of hydrogen-bond acceptors (Lipinski definition) is 5. The third kappa shape index (κ3) is 6.93. The van der Waals surface area contributed by atoms with Crippen molar-refractivity contribution in [3.8, 4) is 11.5 Å². The summed E-state index contributed by atoms with van der Waals surface area (Å²) in [7, 11) is 0. The van der Waals surface area contributed by atoms with Crippen molar-refractivity contribution in [3.63, 3.8) is 0 Å². The van der Waals surface area contributed by atoms with Crippen LogP contribution in [0, 0.1) is 0 Å². The highest BCUT2D eigenvalue weighted by Gasteiger charge is 2.36. The zero-order valence-electron chi connectivity index (χ0n) is 21.4. The van der Waals surface area contributed by atoms with Gasteiger partial charge >= 0.3 is 6.09 Å². The quantitative estimate of drug-likeness (QED) is 0.225. The molecule has 0 unspecified atom stereocenters. The minimum absolute atomic E-state index is 0.179. The van der Waals surface area contributed by atoms with Crippen molar-refractivity contribution in [2.24, 2.45) is 0 Å². The SMILES string of the molecule is O=C(/C=C/c1ccc(OCc2ccccc2)c(OCc2ccccc2)c1)N1C(=O)OC[C@H]1Cc1ccccc1. The summed E-state index contributed by atoms with van der Waals surface area (Å²) in [5.74, 6) is 0.741. The topological polar surface area (TPSA) is 65.1 Å². The maximum Gasteiger partial charge on any atom is 0.417 e. The van der Waals surface area contributed by atoms with E-state index in [1.165, 1.54) is 11.0 Å². The van der Waals surface area contributed by atoms with E-state index < -0.39 is 12.0 Å². The van der Waals surface area contributed by atoms with Crippen molar-refractivity contribution in [3.05, 3.63) is 138 Å². The molecule has 2 amide bonds. The second-order valence-electron chi connectivity index (χ2n) is 9.22. The molecule has 6 nitrogen and oxygen atoms in total. The monoisotopic (exact) mass is 519 g/mol. The first-order valence-corrected chi connectivity index (χ1v) is 12.8. The lowest BCUT2D eigenvalue weighted by Gasteiger charge is -2.18. The summed E-state index contributed by atoms with van der Waals surface area (Å²) in [5.41, 5.74) is 3.85. The van der Waals surface area contributed by atoms with E-state index in [2.05, 4.69) is 0 Å². The van der Waals surface area contributed by atoms with E-state index in [4.69, 9.17) is 14.2 Å². The average Bonchev–Trinajstić information content (AvgIpc) is 3.35. The van der Waals surface area contributed by atoms with E-state index in [1.54, 1.807) is 6.08 Å². The lowest BCUT2D eigenvalue weighted by Crippen LogP contribution is -2.39. The molecule has 5 rings (SSSR count). The van der Waals surface area contributed by atoms with Gasteiger partial charge in [-0.25, -0.2) is 9.69 Å². The van der Waals surface area contributed by atoms with Crippen LogP contribution in [0.15, 0.2) is 115 Å². The molecule has 0 aliphatic carbocycles. The number of nitrogens with zero attached hydrogens (tertiary/aromatic N) is 1. The van der Waals surface area contributed by atoms with Crippen molar-refractivity contribution in [2.75, 3.05) is 6.61 Å². The molecule has 4 aromatic carbocycles. The smallest absolute Gasteiger partial charge is 0.417 e. The standard InChI is InChI=1S/C33H29NO5/c35-32(34-29(24-39-33(34)36)20-25-10-4-1-5-11-25)19-17-26-16-18-30(37-22-27-12-6-2-7-13-27)31(21-26)38-23-28-14-8-3-9-15-28/h1-19,21,29H,20,22-24H2/b19-17+/t29-/m1/s1. The molecule has 39 heavy (non-hydrogen) atoms. The van der Waals surface area contributed by atoms with E-state index in [9.17, 15) is 9.59 Å². The van der Waals surface area contributed by atoms with Gasteiger partial charge < -0.3 is 14.2 Å². The van der Waals surface area contributed by atoms with Crippen LogP contribution in [0.2, 0.25) is 0 Å². The molecule has 0 bridgehead atoms. The number of ether oxygens (including phenoxy) is 3. The molecule has 1 atom stereocenters. The van der Waals surface area contributed by atoms with Gasteiger partial charge in [-0.2, -0.15) is 0 Å². The fraction of sp³-hybridized carbons (Fsp3) is 0.152. The predicted molar refractivity (Wildman–Crippen MR) is 149 cm³/mol. The van der Waals surface area contributed by atoms with Gasteiger partial charge in [0, 0.05) is 6.08 Å². The first-order chi connectivity index (χ1) is 19.2. The number of imide groups is 1. The first kappa shape index (κ1) is 25.8. The molecule has 0 aromatic heterocycles. The Balaban J connectivity index is 1.31. The normalized spacial score (nSPS) is 14.8. The highest BCUT2D eigenvalue weighted by atomic mass is 16.6. The Kier molecular flexibility index (Phi) is 8.34. The molecule has 0 saturated carbocycles. The van der Waals surface area contributed by atoms with Gasteiger partial charge in [0.15, 0.2) is 11.5 Å². The van der Waals surface area contributed by atoms with E-state index in [-0.39, 0.29) is 12.6 Å². The van der Waals surface area contributed by atoms with Gasteiger partial charge in [-0.1, -0.05) is 97.1 Å². The van der Waals surface area contributed by atoms with Crippen molar-refractivity contribution in [1.29, 1.82) is 0 Å².